The molecule has 0 aliphatic heterocycles. The van der Waals surface area contributed by atoms with E-state index in [1.165, 1.54) is 33.5 Å². The molecule has 0 unspecified atom stereocenters. The normalized spacial score (nSPS) is 10.1. The summed E-state index contributed by atoms with van der Waals surface area (Å²) in [6.07, 6.45) is 0. The van der Waals surface area contributed by atoms with Crippen molar-refractivity contribution in [2.24, 2.45) is 0 Å². The van der Waals surface area contributed by atoms with Gasteiger partial charge in [-0.05, 0) is 6.07 Å². The van der Waals surface area contributed by atoms with Crippen LogP contribution >= 0.6 is 0 Å². The monoisotopic (exact) mass is 408 g/mol. The lowest BCUT2D eigenvalue weighted by Gasteiger charge is -2.13. The highest BCUT2D eigenvalue weighted by Crippen LogP contribution is 2.34. The van der Waals surface area contributed by atoms with Crippen LogP contribution in [0.5, 0.6) is 17.2 Å². The smallest absolute Gasteiger partial charge is 0.342 e. The second-order valence-corrected chi connectivity index (χ2v) is 5.45. The lowest BCUT2D eigenvalue weighted by atomic mass is 10.1. The molecule has 0 atom stereocenters. The summed E-state index contributed by atoms with van der Waals surface area (Å²) in [4.78, 5) is 34.3. The van der Waals surface area contributed by atoms with Crippen LogP contribution in [-0.2, 0) is 9.53 Å². The van der Waals surface area contributed by atoms with Crippen molar-refractivity contribution < 1.29 is 37.9 Å². The number of carbonyl (C=O) groups excluding carboxylic acids is 2. The number of anilines is 1. The maximum atomic E-state index is 13.7. The van der Waals surface area contributed by atoms with Crippen LogP contribution < -0.4 is 19.5 Å². The first kappa shape index (κ1) is 21.4. The van der Waals surface area contributed by atoms with Crippen molar-refractivity contribution in [2.75, 3.05) is 33.3 Å². The molecule has 0 fully saturated rings. The van der Waals surface area contributed by atoms with E-state index in [0.717, 1.165) is 18.2 Å². The van der Waals surface area contributed by atoms with Crippen LogP contribution in [0.25, 0.3) is 0 Å². The summed E-state index contributed by atoms with van der Waals surface area (Å²) < 4.78 is 34.0. The lowest BCUT2D eigenvalue weighted by Crippen LogP contribution is -2.21. The fraction of sp³-hybridized carbons (Fsp3) is 0.222. The Kier molecular flexibility index (Phi) is 6.90. The maximum Gasteiger partial charge on any atom is 0.342 e. The highest BCUT2D eigenvalue weighted by atomic mass is 19.1. The van der Waals surface area contributed by atoms with Crippen molar-refractivity contribution in [1.82, 2.24) is 0 Å². The molecule has 2 rings (SSSR count). The third-order valence-corrected chi connectivity index (χ3v) is 3.69. The minimum atomic E-state index is -0.905. The molecule has 0 radical (unpaired) electrons. The van der Waals surface area contributed by atoms with Crippen molar-refractivity contribution in [2.45, 2.75) is 0 Å². The number of esters is 1. The van der Waals surface area contributed by atoms with Crippen molar-refractivity contribution in [3.8, 4) is 17.2 Å². The van der Waals surface area contributed by atoms with Gasteiger partial charge in [0.25, 0.3) is 11.6 Å². The van der Waals surface area contributed by atoms with Gasteiger partial charge in [0.15, 0.2) is 18.1 Å². The number of ether oxygens (including phenoxy) is 4. The Hall–Kier alpha value is -3.89. The van der Waals surface area contributed by atoms with Crippen molar-refractivity contribution >= 4 is 23.3 Å². The first-order valence-corrected chi connectivity index (χ1v) is 8.01. The summed E-state index contributed by atoms with van der Waals surface area (Å²) in [7, 11) is 4.11. The largest absolute Gasteiger partial charge is 0.496 e. The third-order valence-electron chi connectivity index (χ3n) is 3.69. The summed E-state index contributed by atoms with van der Waals surface area (Å²) in [6, 6.07) is 5.38. The number of halogens is 1. The van der Waals surface area contributed by atoms with Crippen LogP contribution in [-0.4, -0.2) is 44.7 Å². The van der Waals surface area contributed by atoms with E-state index in [0.29, 0.717) is 5.75 Å². The first-order valence-electron chi connectivity index (χ1n) is 8.01. The van der Waals surface area contributed by atoms with Gasteiger partial charge in [-0.15, -0.1) is 0 Å². The molecule has 2 aromatic rings. The second-order valence-electron chi connectivity index (χ2n) is 5.45. The van der Waals surface area contributed by atoms with E-state index in [9.17, 15) is 24.1 Å². The molecule has 0 heterocycles. The molecule has 0 aromatic heterocycles. The van der Waals surface area contributed by atoms with E-state index >= 15 is 0 Å². The Labute approximate surface area is 164 Å². The molecule has 0 aliphatic rings. The Morgan fingerprint density at radius 3 is 2.24 bits per heavy atom. The maximum absolute atomic E-state index is 13.7. The second kappa shape index (κ2) is 9.35. The molecule has 154 valence electrons. The number of rotatable bonds is 8. The molecule has 0 saturated heterocycles. The zero-order valence-electron chi connectivity index (χ0n) is 15.7. The average molecular weight is 408 g/mol. The van der Waals surface area contributed by atoms with Crippen molar-refractivity contribution in [1.29, 1.82) is 0 Å². The van der Waals surface area contributed by atoms with Crippen LogP contribution in [0, 0.1) is 15.9 Å². The number of hydrogen-bond donors (Lipinski definition) is 1. The van der Waals surface area contributed by atoms with E-state index < -0.39 is 40.6 Å². The number of non-ortho nitro benzene ring substituents is 1. The van der Waals surface area contributed by atoms with E-state index in [1.54, 1.807) is 0 Å². The number of nitro benzene ring substituents is 1. The number of hydrogen-bond acceptors (Lipinski definition) is 8. The molecule has 29 heavy (non-hydrogen) atoms. The molecule has 10 nitrogen and oxygen atoms in total. The molecule has 1 amide bonds. The Balaban J connectivity index is 2.10. The fourth-order valence-electron chi connectivity index (χ4n) is 2.31. The summed E-state index contributed by atoms with van der Waals surface area (Å²) in [5.74, 6) is -1.99. The lowest BCUT2D eigenvalue weighted by molar-refractivity contribution is -0.384. The SMILES string of the molecule is COc1cc(OC)c(C(=O)OCC(=O)Nc2cc([N+](=O)[O-])ccc2F)cc1OC. The number of methoxy groups -OCH3 is 3. The number of nitro groups is 1. The van der Waals surface area contributed by atoms with Gasteiger partial charge < -0.3 is 24.3 Å². The number of benzene rings is 2. The van der Waals surface area contributed by atoms with Crippen LogP contribution in [0.4, 0.5) is 15.8 Å². The van der Waals surface area contributed by atoms with Gasteiger partial charge in [0, 0.05) is 24.3 Å². The minimum Gasteiger partial charge on any atom is -0.496 e. The summed E-state index contributed by atoms with van der Waals surface area (Å²) in [6.45, 7) is -0.765. The molecule has 0 saturated carbocycles. The van der Waals surface area contributed by atoms with Crippen LogP contribution in [0.1, 0.15) is 10.4 Å². The van der Waals surface area contributed by atoms with Gasteiger partial charge in [-0.25, -0.2) is 9.18 Å². The quantitative estimate of drug-likeness (QED) is 0.401. The molecule has 11 heteroatoms. The predicted molar refractivity (Wildman–Crippen MR) is 98.1 cm³/mol. The third kappa shape index (κ3) is 5.09. The van der Waals surface area contributed by atoms with Gasteiger partial charge >= 0.3 is 5.97 Å². The van der Waals surface area contributed by atoms with Crippen LogP contribution in [0.2, 0.25) is 0 Å². The summed E-state index contributed by atoms with van der Waals surface area (Å²) in [5.41, 5.74) is -0.850. The predicted octanol–water partition coefficient (Wildman–Crippen LogP) is 2.56. The van der Waals surface area contributed by atoms with Gasteiger partial charge in [-0.3, -0.25) is 14.9 Å². The Morgan fingerprint density at radius 2 is 1.66 bits per heavy atom. The molecule has 0 spiro atoms. The molecular weight excluding hydrogens is 391 g/mol. The number of amides is 1. The summed E-state index contributed by atoms with van der Waals surface area (Å²) >= 11 is 0. The molecular formula is C18H17FN2O8. The summed E-state index contributed by atoms with van der Waals surface area (Å²) in [5, 5.41) is 12.9. The van der Waals surface area contributed by atoms with E-state index in [-0.39, 0.29) is 17.1 Å². The van der Waals surface area contributed by atoms with Gasteiger partial charge in [-0.2, -0.15) is 0 Å². The van der Waals surface area contributed by atoms with Crippen LogP contribution in [0.15, 0.2) is 30.3 Å². The number of nitrogens with one attached hydrogen (secondary N) is 1. The highest BCUT2D eigenvalue weighted by molar-refractivity contribution is 5.97. The molecule has 2 aromatic carbocycles. The Bertz CT molecular complexity index is 948. The van der Waals surface area contributed by atoms with Gasteiger partial charge in [0.1, 0.15) is 17.1 Å². The van der Waals surface area contributed by atoms with Gasteiger partial charge in [0.05, 0.1) is 31.9 Å². The first-order chi connectivity index (χ1) is 13.8. The molecule has 0 aliphatic carbocycles. The standard InChI is InChI=1S/C18H17FN2O8/c1-26-14-8-16(28-3)15(27-2)7-11(14)18(23)29-9-17(22)20-13-6-10(21(24)25)4-5-12(13)19/h4-8H,9H2,1-3H3,(H,20,22). The zero-order valence-corrected chi connectivity index (χ0v) is 15.7. The van der Waals surface area contributed by atoms with Crippen molar-refractivity contribution in [3.63, 3.8) is 0 Å². The van der Waals surface area contributed by atoms with E-state index in [4.69, 9.17) is 18.9 Å². The van der Waals surface area contributed by atoms with Gasteiger partial charge in [0.2, 0.25) is 0 Å². The van der Waals surface area contributed by atoms with Crippen LogP contribution in [0.3, 0.4) is 0 Å². The molecule has 1 N–H and O–H groups in total. The average Bonchev–Trinajstić information content (AvgIpc) is 2.72. The number of carbonyl (C=O) groups is 2. The van der Waals surface area contributed by atoms with E-state index in [2.05, 4.69) is 5.32 Å². The fourth-order valence-corrected chi connectivity index (χ4v) is 2.31. The minimum absolute atomic E-state index is 0.0283. The van der Waals surface area contributed by atoms with Crippen molar-refractivity contribution in [3.05, 3.63) is 51.8 Å². The van der Waals surface area contributed by atoms with Gasteiger partial charge in [-0.1, -0.05) is 0 Å². The zero-order chi connectivity index (χ0) is 21.6. The molecule has 0 bridgehead atoms. The Morgan fingerprint density at radius 1 is 1.03 bits per heavy atom. The topological polar surface area (TPSA) is 126 Å². The van der Waals surface area contributed by atoms with E-state index in [1.807, 2.05) is 0 Å². The number of nitrogens with zero attached hydrogens (tertiary/aromatic N) is 1. The highest BCUT2D eigenvalue weighted by Gasteiger charge is 2.20.